The van der Waals surface area contributed by atoms with E-state index in [0.717, 1.165) is 12.0 Å². The van der Waals surface area contributed by atoms with Gasteiger partial charge in [0.05, 0.1) is 5.56 Å². The Morgan fingerprint density at radius 1 is 1.41 bits per heavy atom. The second-order valence-corrected chi connectivity index (χ2v) is 3.49. The van der Waals surface area contributed by atoms with E-state index in [4.69, 9.17) is 10.3 Å². The van der Waals surface area contributed by atoms with Crippen molar-refractivity contribution in [1.82, 2.24) is 0 Å². The van der Waals surface area contributed by atoms with Crippen molar-refractivity contribution >= 4 is 11.7 Å². The van der Waals surface area contributed by atoms with Crippen molar-refractivity contribution < 1.29 is 14.3 Å². The Bertz CT molecular complexity index is 460. The summed E-state index contributed by atoms with van der Waals surface area (Å²) in [6.45, 7) is 5.79. The Balaban J connectivity index is 2.74. The van der Waals surface area contributed by atoms with Crippen LogP contribution in [0.5, 0.6) is 0 Å². The van der Waals surface area contributed by atoms with Crippen LogP contribution < -0.4 is 0 Å². The molecule has 4 heteroatoms. The zero-order chi connectivity index (χ0) is 12.7. The predicted molar refractivity (Wildman–Crippen MR) is 64.6 cm³/mol. The van der Waals surface area contributed by atoms with E-state index >= 15 is 0 Å². The van der Waals surface area contributed by atoms with Crippen LogP contribution >= 0.6 is 0 Å². The Morgan fingerprint density at radius 3 is 2.59 bits per heavy atom. The minimum absolute atomic E-state index is 0.102. The topological polar surface area (TPSA) is 62.7 Å². The molecule has 0 aliphatic heterocycles. The molecule has 0 atom stereocenters. The van der Waals surface area contributed by atoms with Crippen LogP contribution in [0.3, 0.4) is 0 Å². The van der Waals surface area contributed by atoms with Gasteiger partial charge in [0.15, 0.2) is 0 Å². The maximum absolute atomic E-state index is 11.6. The zero-order valence-electron chi connectivity index (χ0n) is 9.72. The third-order valence-electron chi connectivity index (χ3n) is 2.25. The lowest BCUT2D eigenvalue weighted by Gasteiger charge is -2.02. The first kappa shape index (κ1) is 12.9. The summed E-state index contributed by atoms with van der Waals surface area (Å²) in [5, 5.41) is 0. The van der Waals surface area contributed by atoms with Gasteiger partial charge in [0.1, 0.15) is 6.61 Å². The van der Waals surface area contributed by atoms with Crippen LogP contribution in [-0.2, 0) is 9.53 Å². The molecule has 0 bridgehead atoms. The van der Waals surface area contributed by atoms with Crippen LogP contribution in [0.25, 0.3) is 5.53 Å². The lowest BCUT2D eigenvalue weighted by molar-refractivity contribution is -0.139. The molecule has 88 valence electrons. The first-order valence-corrected chi connectivity index (χ1v) is 5.30. The second kappa shape index (κ2) is 6.40. The molecule has 0 saturated heterocycles. The van der Waals surface area contributed by atoms with E-state index in [1.165, 1.54) is 0 Å². The molecule has 0 aliphatic carbocycles. The number of hydrogen-bond donors (Lipinski definition) is 0. The first-order chi connectivity index (χ1) is 8.19. The average molecular weight is 230 g/mol. The minimum atomic E-state index is -0.659. The molecule has 0 N–H and O–H groups in total. The molecule has 0 fully saturated rings. The van der Waals surface area contributed by atoms with Gasteiger partial charge in [-0.3, -0.25) is 0 Å². The normalized spacial score (nSPS) is 9.24. The number of carbonyl (C=O) groups excluding carboxylic acids is 1. The molecule has 0 unspecified atom stereocenters. The van der Waals surface area contributed by atoms with Gasteiger partial charge in [-0.05, 0) is 24.1 Å². The third-order valence-corrected chi connectivity index (χ3v) is 2.25. The SMILES string of the molecule is C=C(CC)COC(=O)C(=[N+]=[N-])c1ccccc1. The predicted octanol–water partition coefficient (Wildman–Crippen LogP) is 2.21. The number of rotatable bonds is 5. The van der Waals surface area contributed by atoms with Gasteiger partial charge in [-0.15, -0.1) is 0 Å². The van der Waals surface area contributed by atoms with Crippen LogP contribution in [0.1, 0.15) is 18.9 Å². The van der Waals surface area contributed by atoms with E-state index in [2.05, 4.69) is 11.4 Å². The molecule has 17 heavy (non-hydrogen) atoms. The van der Waals surface area contributed by atoms with E-state index in [0.29, 0.717) is 5.56 Å². The number of ether oxygens (including phenoxy) is 1. The van der Waals surface area contributed by atoms with Gasteiger partial charge in [0.25, 0.3) is 0 Å². The molecular formula is C13H14N2O2. The van der Waals surface area contributed by atoms with Gasteiger partial charge in [0, 0.05) is 0 Å². The van der Waals surface area contributed by atoms with Gasteiger partial charge in [-0.2, -0.15) is 4.79 Å². The van der Waals surface area contributed by atoms with Crippen LogP contribution in [0.4, 0.5) is 0 Å². The number of carbonyl (C=O) groups is 1. The molecule has 0 saturated carbocycles. The van der Waals surface area contributed by atoms with E-state index in [-0.39, 0.29) is 12.3 Å². The summed E-state index contributed by atoms with van der Waals surface area (Å²) in [5.74, 6) is -0.659. The maximum atomic E-state index is 11.6. The molecule has 0 radical (unpaired) electrons. The van der Waals surface area contributed by atoms with Crippen LogP contribution in [0, 0.1) is 0 Å². The molecule has 0 amide bonds. The molecule has 0 spiro atoms. The largest absolute Gasteiger partial charge is 0.452 e. The summed E-state index contributed by atoms with van der Waals surface area (Å²) in [6.07, 6.45) is 0.740. The van der Waals surface area contributed by atoms with Crippen LogP contribution in [0.2, 0.25) is 0 Å². The summed E-state index contributed by atoms with van der Waals surface area (Å²) in [6, 6.07) is 8.65. The van der Waals surface area contributed by atoms with E-state index in [9.17, 15) is 4.79 Å². The molecule has 1 rings (SSSR count). The minimum Gasteiger partial charge on any atom is -0.452 e. The Kier molecular flexibility index (Phi) is 4.85. The molecule has 0 aliphatic rings. The van der Waals surface area contributed by atoms with Crippen molar-refractivity contribution in [2.24, 2.45) is 0 Å². The van der Waals surface area contributed by atoms with Crippen molar-refractivity contribution in [2.45, 2.75) is 13.3 Å². The molecule has 1 aromatic carbocycles. The van der Waals surface area contributed by atoms with Gasteiger partial charge in [-0.25, -0.2) is 4.79 Å². The third kappa shape index (κ3) is 3.70. The number of benzene rings is 1. The highest BCUT2D eigenvalue weighted by molar-refractivity contribution is 6.40. The fourth-order valence-electron chi connectivity index (χ4n) is 1.15. The smallest absolute Gasteiger partial charge is 0.422 e. The molecule has 0 aromatic heterocycles. The second-order valence-electron chi connectivity index (χ2n) is 3.49. The summed E-state index contributed by atoms with van der Waals surface area (Å²) in [5.41, 5.74) is 10.1. The zero-order valence-corrected chi connectivity index (χ0v) is 9.72. The average Bonchev–Trinajstić information content (AvgIpc) is 2.38. The first-order valence-electron chi connectivity index (χ1n) is 5.30. The highest BCUT2D eigenvalue weighted by Gasteiger charge is 2.24. The summed E-state index contributed by atoms with van der Waals surface area (Å²) < 4.78 is 4.97. The standard InChI is InChI=1S/C13H14N2O2/c1-3-10(2)9-17-13(16)12(15-14)11-7-5-4-6-8-11/h4-8H,2-3,9H2,1H3. The van der Waals surface area contributed by atoms with E-state index in [1.54, 1.807) is 24.3 Å². The summed E-state index contributed by atoms with van der Waals surface area (Å²) in [7, 11) is 0. The lowest BCUT2D eigenvalue weighted by atomic mass is 10.1. The van der Waals surface area contributed by atoms with Crippen molar-refractivity contribution in [3.63, 3.8) is 0 Å². The van der Waals surface area contributed by atoms with Gasteiger partial charge < -0.3 is 10.3 Å². The van der Waals surface area contributed by atoms with Crippen molar-refractivity contribution in [1.29, 1.82) is 0 Å². The molecule has 1 aromatic rings. The number of nitrogens with zero attached hydrogens (tertiary/aromatic N) is 2. The quantitative estimate of drug-likeness (QED) is 0.256. The van der Waals surface area contributed by atoms with Crippen LogP contribution in [-0.4, -0.2) is 23.1 Å². The number of esters is 1. The van der Waals surface area contributed by atoms with Gasteiger partial charge in [-0.1, -0.05) is 31.7 Å². The van der Waals surface area contributed by atoms with Crippen LogP contribution in [0.15, 0.2) is 42.5 Å². The van der Waals surface area contributed by atoms with Crippen molar-refractivity contribution in [3.05, 3.63) is 53.6 Å². The van der Waals surface area contributed by atoms with E-state index in [1.807, 2.05) is 13.0 Å². The van der Waals surface area contributed by atoms with Gasteiger partial charge >= 0.3 is 11.7 Å². The number of hydrogen-bond acceptors (Lipinski definition) is 2. The highest BCUT2D eigenvalue weighted by atomic mass is 16.5. The Morgan fingerprint density at radius 2 is 2.06 bits per heavy atom. The summed E-state index contributed by atoms with van der Waals surface area (Å²) >= 11 is 0. The fourth-order valence-corrected chi connectivity index (χ4v) is 1.15. The van der Waals surface area contributed by atoms with Crippen molar-refractivity contribution in [3.8, 4) is 0 Å². The fraction of sp³-hybridized carbons (Fsp3) is 0.231. The summed E-state index contributed by atoms with van der Waals surface area (Å²) in [4.78, 5) is 14.6. The highest BCUT2D eigenvalue weighted by Crippen LogP contribution is 2.03. The lowest BCUT2D eigenvalue weighted by Crippen LogP contribution is -2.20. The Labute approximate surface area is 100 Å². The van der Waals surface area contributed by atoms with Gasteiger partial charge in [0.2, 0.25) is 0 Å². The monoisotopic (exact) mass is 230 g/mol. The molecule has 0 heterocycles. The van der Waals surface area contributed by atoms with Crippen molar-refractivity contribution in [2.75, 3.05) is 6.61 Å². The maximum Gasteiger partial charge on any atom is 0.422 e. The molecular weight excluding hydrogens is 216 g/mol. The van der Waals surface area contributed by atoms with E-state index < -0.39 is 5.97 Å². The molecule has 4 nitrogen and oxygen atoms in total. The Hall–Kier alpha value is -2.19.